The number of hydrogen-bond donors (Lipinski definition) is 0. The van der Waals surface area contributed by atoms with Crippen LogP contribution in [0, 0.1) is 0 Å². The van der Waals surface area contributed by atoms with Gasteiger partial charge in [0.1, 0.15) is 30.3 Å². The van der Waals surface area contributed by atoms with Crippen LogP contribution in [-0.2, 0) is 37.3 Å². The van der Waals surface area contributed by atoms with E-state index in [0.29, 0.717) is 19.8 Å². The van der Waals surface area contributed by atoms with Crippen molar-refractivity contribution in [2.24, 2.45) is 0 Å². The molecule has 0 spiro atoms. The summed E-state index contributed by atoms with van der Waals surface area (Å²) in [6.45, 7) is 2.43. The molecule has 0 atom stereocenters. The van der Waals surface area contributed by atoms with Crippen molar-refractivity contribution in [2.45, 2.75) is 45.4 Å². The number of aryl methyl sites for hydroxylation is 2. The molecule has 2 aliphatic rings. The highest BCUT2D eigenvalue weighted by Gasteiger charge is 2.19. The van der Waals surface area contributed by atoms with Gasteiger partial charge in [0.05, 0.1) is 6.61 Å². The Morgan fingerprint density at radius 3 is 3.12 bits per heavy atom. The van der Waals surface area contributed by atoms with Gasteiger partial charge in [-0.05, 0) is 37.5 Å². The number of furan rings is 1. The molecule has 3 aromatic rings. The molecule has 124 valence electrons. The largest absolute Gasteiger partial charge is 0.486 e. The minimum atomic E-state index is 0.415. The molecule has 0 saturated carbocycles. The van der Waals surface area contributed by atoms with Gasteiger partial charge in [0.25, 0.3) is 0 Å². The summed E-state index contributed by atoms with van der Waals surface area (Å²) in [7, 11) is 0. The van der Waals surface area contributed by atoms with E-state index < -0.39 is 0 Å². The second-order valence-electron chi connectivity index (χ2n) is 6.39. The molecule has 24 heavy (non-hydrogen) atoms. The van der Waals surface area contributed by atoms with Crippen LogP contribution >= 0.6 is 0 Å². The Bertz CT molecular complexity index is 896. The Balaban J connectivity index is 1.40. The molecule has 0 radical (unpaired) electrons. The zero-order chi connectivity index (χ0) is 15.9. The van der Waals surface area contributed by atoms with Crippen LogP contribution in [0.15, 0.2) is 22.6 Å². The highest BCUT2D eigenvalue weighted by molar-refractivity contribution is 5.84. The van der Waals surface area contributed by atoms with E-state index in [1.165, 1.54) is 23.8 Å². The monoisotopic (exact) mass is 325 g/mol. The number of fused-ring (bicyclic) bond motifs is 4. The van der Waals surface area contributed by atoms with E-state index in [0.717, 1.165) is 48.1 Å². The first kappa shape index (κ1) is 14.0. The summed E-state index contributed by atoms with van der Waals surface area (Å²) in [6.07, 6.45) is 4.61. The summed E-state index contributed by atoms with van der Waals surface area (Å²) in [5, 5.41) is 9.58. The third kappa shape index (κ3) is 2.29. The van der Waals surface area contributed by atoms with E-state index in [1.54, 1.807) is 0 Å². The van der Waals surface area contributed by atoms with E-state index in [-0.39, 0.29) is 0 Å². The van der Waals surface area contributed by atoms with Gasteiger partial charge in [0, 0.05) is 23.9 Å². The summed E-state index contributed by atoms with van der Waals surface area (Å²) in [5.41, 5.74) is 2.32. The molecular weight excluding hydrogens is 306 g/mol. The molecule has 2 aromatic heterocycles. The Hall–Kier alpha value is -2.34. The van der Waals surface area contributed by atoms with Crippen LogP contribution in [0.25, 0.3) is 11.0 Å². The Kier molecular flexibility index (Phi) is 3.29. The zero-order valence-electron chi connectivity index (χ0n) is 13.5. The summed E-state index contributed by atoms with van der Waals surface area (Å²) in [4.78, 5) is 0. The van der Waals surface area contributed by atoms with E-state index in [9.17, 15) is 0 Å². The van der Waals surface area contributed by atoms with Gasteiger partial charge < -0.3 is 18.5 Å². The molecule has 1 aliphatic carbocycles. The molecule has 6 heteroatoms. The van der Waals surface area contributed by atoms with Crippen LogP contribution in [0.5, 0.6) is 5.75 Å². The van der Waals surface area contributed by atoms with Crippen LogP contribution in [0.4, 0.5) is 0 Å². The summed E-state index contributed by atoms with van der Waals surface area (Å²) >= 11 is 0. The molecular formula is C18H19N3O3. The standard InChI is InChI=1S/C18H19N3O3/c1-2-4-15-13(3-1)14-9-12(5-6-16(14)24-15)23-11-18-20-19-17-10-22-8-7-21(17)18/h5-6,9H,1-4,7-8,10-11H2. The average molecular weight is 325 g/mol. The van der Waals surface area contributed by atoms with E-state index in [2.05, 4.69) is 20.8 Å². The van der Waals surface area contributed by atoms with Crippen LogP contribution in [-0.4, -0.2) is 21.4 Å². The molecule has 5 rings (SSSR count). The molecule has 3 heterocycles. The average Bonchev–Trinajstić information content (AvgIpc) is 3.21. The molecule has 6 nitrogen and oxygen atoms in total. The summed E-state index contributed by atoms with van der Waals surface area (Å²) in [6, 6.07) is 6.07. The highest BCUT2D eigenvalue weighted by Crippen LogP contribution is 2.34. The van der Waals surface area contributed by atoms with Gasteiger partial charge in [-0.1, -0.05) is 0 Å². The van der Waals surface area contributed by atoms with Crippen molar-refractivity contribution < 1.29 is 13.9 Å². The van der Waals surface area contributed by atoms with Crippen molar-refractivity contribution in [3.8, 4) is 5.75 Å². The number of ether oxygens (including phenoxy) is 2. The van der Waals surface area contributed by atoms with Crippen molar-refractivity contribution in [3.05, 3.63) is 41.2 Å². The Morgan fingerprint density at radius 1 is 1.17 bits per heavy atom. The van der Waals surface area contributed by atoms with Gasteiger partial charge in [-0.15, -0.1) is 10.2 Å². The zero-order valence-corrected chi connectivity index (χ0v) is 13.5. The van der Waals surface area contributed by atoms with Gasteiger partial charge in [0.2, 0.25) is 0 Å². The molecule has 1 aromatic carbocycles. The first-order valence-corrected chi connectivity index (χ1v) is 8.54. The van der Waals surface area contributed by atoms with Crippen LogP contribution in [0.3, 0.4) is 0 Å². The fraction of sp³-hybridized carbons (Fsp3) is 0.444. The minimum absolute atomic E-state index is 0.415. The fourth-order valence-corrected chi connectivity index (χ4v) is 3.64. The van der Waals surface area contributed by atoms with Crippen molar-refractivity contribution in [3.63, 3.8) is 0 Å². The van der Waals surface area contributed by atoms with E-state index in [1.807, 2.05) is 12.1 Å². The number of rotatable bonds is 3. The maximum atomic E-state index is 5.98. The lowest BCUT2D eigenvalue weighted by Crippen LogP contribution is -2.19. The second-order valence-corrected chi connectivity index (χ2v) is 6.39. The molecule has 0 saturated heterocycles. The highest BCUT2D eigenvalue weighted by atomic mass is 16.5. The SMILES string of the molecule is c1cc2oc3c(c2cc1OCc1nnc2n1CCOC2)CCCC3. The lowest BCUT2D eigenvalue weighted by atomic mass is 9.96. The molecule has 0 N–H and O–H groups in total. The van der Waals surface area contributed by atoms with Crippen molar-refractivity contribution in [1.29, 1.82) is 0 Å². The van der Waals surface area contributed by atoms with E-state index in [4.69, 9.17) is 13.9 Å². The third-order valence-corrected chi connectivity index (χ3v) is 4.89. The number of hydrogen-bond acceptors (Lipinski definition) is 5. The van der Waals surface area contributed by atoms with Gasteiger partial charge in [0.15, 0.2) is 11.6 Å². The smallest absolute Gasteiger partial charge is 0.171 e. The normalized spacial score (nSPS) is 16.8. The topological polar surface area (TPSA) is 62.3 Å². The van der Waals surface area contributed by atoms with Gasteiger partial charge in [-0.25, -0.2) is 0 Å². The van der Waals surface area contributed by atoms with Crippen LogP contribution < -0.4 is 4.74 Å². The Morgan fingerprint density at radius 2 is 2.12 bits per heavy atom. The molecule has 0 unspecified atom stereocenters. The van der Waals surface area contributed by atoms with Crippen LogP contribution in [0.2, 0.25) is 0 Å². The second kappa shape index (κ2) is 5.63. The Labute approximate surface area is 139 Å². The first-order valence-electron chi connectivity index (χ1n) is 8.54. The summed E-state index contributed by atoms with van der Waals surface area (Å²) < 4.78 is 19.4. The lowest BCUT2D eigenvalue weighted by molar-refractivity contribution is 0.0794. The van der Waals surface area contributed by atoms with Crippen molar-refractivity contribution >= 4 is 11.0 Å². The van der Waals surface area contributed by atoms with Gasteiger partial charge in [-0.2, -0.15) is 0 Å². The molecule has 1 aliphatic heterocycles. The predicted octanol–water partition coefficient (Wildman–Crippen LogP) is 3.01. The molecule has 0 fully saturated rings. The summed E-state index contributed by atoms with van der Waals surface area (Å²) in [5.74, 6) is 3.72. The maximum Gasteiger partial charge on any atom is 0.171 e. The quantitative estimate of drug-likeness (QED) is 0.741. The lowest BCUT2D eigenvalue weighted by Gasteiger charge is -2.15. The number of nitrogens with zero attached hydrogens (tertiary/aromatic N) is 3. The van der Waals surface area contributed by atoms with Crippen LogP contribution in [0.1, 0.15) is 35.8 Å². The molecule has 0 amide bonds. The fourth-order valence-electron chi connectivity index (χ4n) is 3.64. The van der Waals surface area contributed by atoms with Crippen molar-refractivity contribution in [2.75, 3.05) is 6.61 Å². The third-order valence-electron chi connectivity index (χ3n) is 4.89. The van der Waals surface area contributed by atoms with Gasteiger partial charge in [-0.3, -0.25) is 0 Å². The van der Waals surface area contributed by atoms with E-state index >= 15 is 0 Å². The first-order chi connectivity index (χ1) is 11.9. The minimum Gasteiger partial charge on any atom is -0.486 e. The van der Waals surface area contributed by atoms with Gasteiger partial charge >= 0.3 is 0 Å². The van der Waals surface area contributed by atoms with Crippen molar-refractivity contribution in [1.82, 2.24) is 14.8 Å². The maximum absolute atomic E-state index is 5.98. The predicted molar refractivity (Wildman–Crippen MR) is 86.9 cm³/mol. The number of benzene rings is 1. The molecule has 0 bridgehead atoms. The number of aromatic nitrogens is 3.